The van der Waals surface area contributed by atoms with Crippen molar-refractivity contribution in [1.82, 2.24) is 4.57 Å². The van der Waals surface area contributed by atoms with Crippen molar-refractivity contribution in [1.29, 1.82) is 0 Å². The van der Waals surface area contributed by atoms with E-state index in [1.807, 2.05) is 6.07 Å². The van der Waals surface area contributed by atoms with Crippen LogP contribution in [0.2, 0.25) is 39.3 Å². The van der Waals surface area contributed by atoms with Gasteiger partial charge in [-0.3, -0.25) is 0 Å². The van der Waals surface area contributed by atoms with E-state index in [9.17, 15) is 0 Å². The Bertz CT molecular complexity index is 594. The summed E-state index contributed by atoms with van der Waals surface area (Å²) >= 11 is 0. The predicted octanol–water partition coefficient (Wildman–Crippen LogP) is 5.70. The van der Waals surface area contributed by atoms with Crippen LogP contribution in [-0.4, -0.2) is 41.8 Å². The van der Waals surface area contributed by atoms with Gasteiger partial charge in [0.1, 0.15) is 14.0 Å². The van der Waals surface area contributed by atoms with E-state index < -0.39 is 16.6 Å². The average molecular weight is 394 g/mol. The van der Waals surface area contributed by atoms with E-state index in [-0.39, 0.29) is 5.60 Å². The Balaban J connectivity index is 2.48. The molecule has 0 aromatic heterocycles. The molecule has 2 atom stereocenters. The van der Waals surface area contributed by atoms with Crippen LogP contribution >= 0.6 is 0 Å². The van der Waals surface area contributed by atoms with Crippen molar-refractivity contribution < 1.29 is 9.16 Å². The molecule has 1 saturated carbocycles. The maximum absolute atomic E-state index is 7.05. The van der Waals surface area contributed by atoms with E-state index in [0.29, 0.717) is 5.92 Å². The van der Waals surface area contributed by atoms with Crippen molar-refractivity contribution in [3.05, 3.63) is 29.8 Å². The molecule has 1 fully saturated rings. The van der Waals surface area contributed by atoms with Gasteiger partial charge in [0.05, 0.1) is 12.7 Å². The molecule has 5 heteroatoms. The molecule has 0 bridgehead atoms. The fraction of sp³-hybridized carbons (Fsp3) is 0.714. The molecule has 1 aliphatic rings. The molecule has 0 heterocycles. The van der Waals surface area contributed by atoms with Gasteiger partial charge in [-0.1, -0.05) is 44.6 Å². The minimum atomic E-state index is -1.71. The lowest BCUT2D eigenvalue weighted by Crippen LogP contribution is -2.54. The van der Waals surface area contributed by atoms with Crippen LogP contribution in [0.4, 0.5) is 0 Å². The molecule has 1 aliphatic carbocycles. The molecular weight excluding hydrogens is 354 g/mol. The zero-order chi connectivity index (χ0) is 19.6. The molecule has 26 heavy (non-hydrogen) atoms. The van der Waals surface area contributed by atoms with E-state index in [1.54, 1.807) is 7.11 Å². The van der Waals surface area contributed by atoms with Crippen LogP contribution in [0.3, 0.4) is 0 Å². The summed E-state index contributed by atoms with van der Waals surface area (Å²) in [5.41, 5.74) is 1.14. The summed E-state index contributed by atoms with van der Waals surface area (Å²) in [5.74, 6) is 1.47. The third-order valence-corrected chi connectivity index (χ3v) is 9.15. The number of benzene rings is 1. The average Bonchev–Trinajstić information content (AvgIpc) is 2.54. The van der Waals surface area contributed by atoms with E-state index in [4.69, 9.17) is 9.16 Å². The molecule has 0 spiro atoms. The molecule has 3 nitrogen and oxygen atoms in total. The zero-order valence-corrected chi connectivity index (χ0v) is 20.2. The first-order chi connectivity index (χ1) is 12.0. The molecular formula is C21H39NO2Si2. The Labute approximate surface area is 163 Å². The van der Waals surface area contributed by atoms with Gasteiger partial charge in [0.15, 0.2) is 8.32 Å². The van der Waals surface area contributed by atoms with Crippen molar-refractivity contribution in [2.45, 2.75) is 70.6 Å². The minimum Gasteiger partial charge on any atom is -0.497 e. The minimum absolute atomic E-state index is 0.175. The number of hydrogen-bond donors (Lipinski definition) is 0. The van der Waals surface area contributed by atoms with Gasteiger partial charge in [0.2, 0.25) is 0 Å². The number of hydrogen-bond acceptors (Lipinski definition) is 3. The molecule has 0 aliphatic heterocycles. The lowest BCUT2D eigenvalue weighted by atomic mass is 9.71. The smallest absolute Gasteiger partial charge is 0.184 e. The Hall–Kier alpha value is -0.626. The third kappa shape index (κ3) is 5.21. The Morgan fingerprint density at radius 2 is 1.81 bits per heavy atom. The fourth-order valence-corrected chi connectivity index (χ4v) is 6.31. The van der Waals surface area contributed by atoms with Crippen LogP contribution < -0.4 is 4.74 Å². The molecule has 0 radical (unpaired) electrons. The van der Waals surface area contributed by atoms with Crippen LogP contribution in [-0.2, 0) is 10.0 Å². The van der Waals surface area contributed by atoms with Crippen LogP contribution in [0.1, 0.15) is 31.2 Å². The first-order valence-corrected chi connectivity index (χ1v) is 16.9. The van der Waals surface area contributed by atoms with E-state index >= 15 is 0 Å². The SMILES string of the molecule is COc1cccc(C2(O[Si](C)(C)C)CCCCC2CN(C)[Si](C)(C)C)c1. The fourth-order valence-electron chi connectivity index (χ4n) is 4.06. The van der Waals surface area contributed by atoms with E-state index in [2.05, 4.69) is 69.1 Å². The van der Waals surface area contributed by atoms with Crippen LogP contribution in [0.5, 0.6) is 5.75 Å². The number of nitrogens with zero attached hydrogens (tertiary/aromatic N) is 1. The summed E-state index contributed by atoms with van der Waals surface area (Å²) in [6.45, 7) is 15.4. The van der Waals surface area contributed by atoms with Crippen molar-refractivity contribution in [2.24, 2.45) is 5.92 Å². The number of methoxy groups -OCH3 is 1. The summed E-state index contributed by atoms with van der Waals surface area (Å²) < 4.78 is 15.2. The topological polar surface area (TPSA) is 21.7 Å². The molecule has 0 amide bonds. The second-order valence-corrected chi connectivity index (χ2v) is 19.4. The van der Waals surface area contributed by atoms with Gasteiger partial charge in [0, 0.05) is 5.92 Å². The van der Waals surface area contributed by atoms with Crippen LogP contribution in [0.25, 0.3) is 0 Å². The second-order valence-electron chi connectivity index (χ2n) is 9.83. The summed E-state index contributed by atoms with van der Waals surface area (Å²) in [6.07, 6.45) is 4.92. The van der Waals surface area contributed by atoms with Crippen molar-refractivity contribution in [2.75, 3.05) is 20.7 Å². The summed E-state index contributed by atoms with van der Waals surface area (Å²) in [6, 6.07) is 8.64. The molecule has 0 N–H and O–H groups in total. The molecule has 1 aromatic carbocycles. The van der Waals surface area contributed by atoms with Gasteiger partial charge >= 0.3 is 0 Å². The van der Waals surface area contributed by atoms with Gasteiger partial charge in [-0.2, -0.15) is 0 Å². The first kappa shape index (κ1) is 21.7. The summed E-state index contributed by atoms with van der Waals surface area (Å²) in [7, 11) is 1.03. The first-order valence-electron chi connectivity index (χ1n) is 10.0. The molecule has 148 valence electrons. The van der Waals surface area contributed by atoms with E-state index in [1.165, 1.54) is 24.8 Å². The van der Waals surface area contributed by atoms with Crippen LogP contribution in [0.15, 0.2) is 24.3 Å². The molecule has 0 saturated heterocycles. The quantitative estimate of drug-likeness (QED) is 0.555. The lowest BCUT2D eigenvalue weighted by molar-refractivity contribution is -0.0421. The van der Waals surface area contributed by atoms with Crippen molar-refractivity contribution in [3.63, 3.8) is 0 Å². The Morgan fingerprint density at radius 3 is 2.38 bits per heavy atom. The highest BCUT2D eigenvalue weighted by Crippen LogP contribution is 2.47. The summed E-state index contributed by atoms with van der Waals surface area (Å²) in [4.78, 5) is 0. The number of rotatable bonds is 7. The van der Waals surface area contributed by atoms with Gasteiger partial charge in [-0.25, -0.2) is 0 Å². The van der Waals surface area contributed by atoms with E-state index in [0.717, 1.165) is 18.7 Å². The monoisotopic (exact) mass is 393 g/mol. The Kier molecular flexibility index (Phi) is 6.81. The van der Waals surface area contributed by atoms with Gasteiger partial charge in [-0.15, -0.1) is 0 Å². The largest absolute Gasteiger partial charge is 0.497 e. The highest BCUT2D eigenvalue weighted by Gasteiger charge is 2.46. The Morgan fingerprint density at radius 1 is 1.12 bits per heavy atom. The molecule has 2 rings (SSSR count). The lowest BCUT2D eigenvalue weighted by Gasteiger charge is -2.50. The van der Waals surface area contributed by atoms with Crippen molar-refractivity contribution in [3.8, 4) is 5.75 Å². The standard InChI is InChI=1S/C21H39NO2Si2/c1-22(25(3,4)5)17-19-12-9-10-15-21(19,24-26(6,7)8)18-13-11-14-20(16-18)23-2/h11,13-14,16,19H,9-10,12,15,17H2,1-8H3. The predicted molar refractivity (Wildman–Crippen MR) is 117 cm³/mol. The highest BCUT2D eigenvalue weighted by atomic mass is 28.4. The summed E-state index contributed by atoms with van der Waals surface area (Å²) in [5, 5.41) is 0. The maximum Gasteiger partial charge on any atom is 0.184 e. The number of ether oxygens (including phenoxy) is 1. The van der Waals surface area contributed by atoms with Gasteiger partial charge in [0.25, 0.3) is 0 Å². The molecule has 2 unspecified atom stereocenters. The molecule has 1 aromatic rings. The van der Waals surface area contributed by atoms with Crippen molar-refractivity contribution >= 4 is 16.6 Å². The normalized spacial score (nSPS) is 24.7. The zero-order valence-electron chi connectivity index (χ0n) is 18.2. The highest BCUT2D eigenvalue weighted by molar-refractivity contribution is 6.73. The van der Waals surface area contributed by atoms with Crippen LogP contribution in [0, 0.1) is 5.92 Å². The third-order valence-electron chi connectivity index (χ3n) is 5.70. The van der Waals surface area contributed by atoms with Gasteiger partial charge < -0.3 is 13.7 Å². The maximum atomic E-state index is 7.05. The second kappa shape index (κ2) is 8.17. The van der Waals surface area contributed by atoms with Gasteiger partial charge in [-0.05, 0) is 63.8 Å².